The third-order valence-electron chi connectivity index (χ3n) is 3.80. The van der Waals surface area contributed by atoms with Gasteiger partial charge in [-0.25, -0.2) is 8.42 Å². The van der Waals surface area contributed by atoms with E-state index in [0.29, 0.717) is 31.2 Å². The summed E-state index contributed by atoms with van der Waals surface area (Å²) >= 11 is 0. The van der Waals surface area contributed by atoms with Crippen molar-refractivity contribution in [2.45, 2.75) is 30.0 Å². The summed E-state index contributed by atoms with van der Waals surface area (Å²) in [5.74, 6) is -2.40. The molecule has 0 aromatic heterocycles. The summed E-state index contributed by atoms with van der Waals surface area (Å²) in [4.78, 5) is 11.3. The molecule has 0 spiro atoms. The van der Waals surface area contributed by atoms with E-state index in [0.717, 1.165) is 6.07 Å². The number of rotatable bonds is 5. The fourth-order valence-electron chi connectivity index (χ4n) is 2.37. The van der Waals surface area contributed by atoms with Gasteiger partial charge in [-0.05, 0) is 25.0 Å². The Balaban J connectivity index is 2.52. The maximum Gasteiger partial charge on any atom is 0.416 e. The Morgan fingerprint density at radius 3 is 2.38 bits per heavy atom. The second-order valence-corrected chi connectivity index (χ2v) is 7.73. The highest BCUT2D eigenvalue weighted by Crippen LogP contribution is 2.39. The van der Waals surface area contributed by atoms with Crippen molar-refractivity contribution in [3.05, 3.63) is 29.3 Å². The van der Waals surface area contributed by atoms with Gasteiger partial charge in [-0.1, -0.05) is 6.07 Å². The Labute approximate surface area is 136 Å². The normalized spacial score (nSPS) is 17.8. The largest absolute Gasteiger partial charge is 0.416 e. The van der Waals surface area contributed by atoms with Crippen molar-refractivity contribution in [2.24, 2.45) is 11.8 Å². The van der Waals surface area contributed by atoms with E-state index in [1.807, 2.05) is 0 Å². The molecule has 1 aromatic carbocycles. The van der Waals surface area contributed by atoms with Gasteiger partial charge in [-0.15, -0.1) is 0 Å². The Kier molecular flexibility index (Phi) is 4.74. The number of halogens is 3. The molecule has 1 fully saturated rings. The highest BCUT2D eigenvalue weighted by molar-refractivity contribution is 7.90. The topological polar surface area (TPSA) is 95.2 Å². The lowest BCUT2D eigenvalue weighted by Gasteiger charge is -2.20. The molecule has 1 saturated carbocycles. The van der Waals surface area contributed by atoms with E-state index in [4.69, 9.17) is 5.26 Å². The van der Waals surface area contributed by atoms with Crippen molar-refractivity contribution in [3.8, 4) is 6.07 Å². The van der Waals surface area contributed by atoms with E-state index >= 15 is 0 Å². The van der Waals surface area contributed by atoms with Crippen molar-refractivity contribution in [2.75, 3.05) is 6.26 Å². The summed E-state index contributed by atoms with van der Waals surface area (Å²) in [5, 5.41) is 19.4. The number of ketones is 1. The van der Waals surface area contributed by atoms with Crippen molar-refractivity contribution >= 4 is 15.6 Å². The molecule has 2 unspecified atom stereocenters. The number of benzene rings is 1. The number of hydrogen-bond donors (Lipinski definition) is 1. The van der Waals surface area contributed by atoms with Crippen molar-refractivity contribution < 1.29 is 31.5 Å². The summed E-state index contributed by atoms with van der Waals surface area (Å²) in [6, 6.07) is 3.45. The third kappa shape index (κ3) is 3.76. The number of nitrogens with zero attached hydrogens (tertiary/aromatic N) is 1. The smallest absolute Gasteiger partial charge is 0.387 e. The lowest BCUT2D eigenvalue weighted by atomic mass is 9.90. The molecular weight excluding hydrogens is 347 g/mol. The van der Waals surface area contributed by atoms with Gasteiger partial charge >= 0.3 is 6.18 Å². The molecule has 1 aliphatic rings. The number of hydrogen-bond acceptors (Lipinski definition) is 5. The molecular formula is C15H14F3NO4S. The van der Waals surface area contributed by atoms with Gasteiger partial charge in [0.2, 0.25) is 0 Å². The van der Waals surface area contributed by atoms with Crippen LogP contribution in [-0.4, -0.2) is 25.6 Å². The van der Waals surface area contributed by atoms with Crippen LogP contribution in [0.15, 0.2) is 23.1 Å². The van der Waals surface area contributed by atoms with Crippen LogP contribution in [0.2, 0.25) is 0 Å². The van der Waals surface area contributed by atoms with Crippen LogP contribution in [0.4, 0.5) is 13.2 Å². The lowest BCUT2D eigenvalue weighted by Crippen LogP contribution is -2.24. The van der Waals surface area contributed by atoms with Gasteiger partial charge < -0.3 is 5.11 Å². The molecule has 1 aliphatic carbocycles. The molecule has 0 aliphatic heterocycles. The summed E-state index contributed by atoms with van der Waals surface area (Å²) in [6.45, 7) is 0. The number of carbonyl (C=O) groups excluding carboxylic acids is 1. The first-order valence-corrected chi connectivity index (χ1v) is 8.88. The van der Waals surface area contributed by atoms with E-state index < -0.39 is 44.3 Å². The van der Waals surface area contributed by atoms with E-state index in [9.17, 15) is 31.5 Å². The molecule has 24 heavy (non-hydrogen) atoms. The fraction of sp³-hybridized carbons (Fsp3) is 0.467. The lowest BCUT2D eigenvalue weighted by molar-refractivity contribution is -0.137. The molecule has 0 bridgehead atoms. The average Bonchev–Trinajstić information content (AvgIpc) is 3.29. The predicted octanol–water partition coefficient (Wildman–Crippen LogP) is 2.26. The number of sulfone groups is 1. The van der Waals surface area contributed by atoms with E-state index in [1.54, 1.807) is 6.07 Å². The monoisotopic (exact) mass is 361 g/mol. The van der Waals surface area contributed by atoms with Gasteiger partial charge in [-0.2, -0.15) is 18.4 Å². The molecule has 0 heterocycles. The zero-order valence-corrected chi connectivity index (χ0v) is 13.4. The summed E-state index contributed by atoms with van der Waals surface area (Å²) in [6.07, 6.45) is -4.72. The van der Waals surface area contributed by atoms with Crippen molar-refractivity contribution in [1.29, 1.82) is 5.26 Å². The van der Waals surface area contributed by atoms with E-state index in [1.165, 1.54) is 0 Å². The van der Waals surface area contributed by atoms with Crippen LogP contribution in [0.1, 0.15) is 30.1 Å². The number of carbonyl (C=O) groups is 1. The number of Topliss-reactive ketones (excluding diaryl/α,β-unsaturated/α-hetero) is 1. The van der Waals surface area contributed by atoms with Crippen LogP contribution < -0.4 is 0 Å². The number of aliphatic hydroxyl groups is 1. The van der Waals surface area contributed by atoms with Crippen LogP contribution in [0.25, 0.3) is 0 Å². The van der Waals surface area contributed by atoms with Gasteiger partial charge in [-0.3, -0.25) is 4.79 Å². The zero-order chi connectivity index (χ0) is 18.3. The second-order valence-electron chi connectivity index (χ2n) is 5.75. The third-order valence-corrected chi connectivity index (χ3v) is 4.95. The summed E-state index contributed by atoms with van der Waals surface area (Å²) < 4.78 is 62.0. The minimum atomic E-state index is -4.76. The standard InChI is InChI=1S/C15H14F3NO4S/c1-24(22,23)12-6-9(15(16,17)18)4-5-10(12)14(21)11(7-19)13(20)8-2-3-8/h4-6,8,11,14,21H,2-3H2,1H3. The molecule has 1 N–H and O–H groups in total. The summed E-state index contributed by atoms with van der Waals surface area (Å²) in [5.41, 5.74) is -1.58. The van der Waals surface area contributed by atoms with Crippen LogP contribution in [0.3, 0.4) is 0 Å². The SMILES string of the molecule is CS(=O)(=O)c1cc(C(F)(F)F)ccc1C(O)C(C#N)C(=O)C1CC1. The minimum Gasteiger partial charge on any atom is -0.387 e. The molecule has 1 aromatic rings. The van der Waals surface area contributed by atoms with E-state index in [2.05, 4.69) is 0 Å². The molecule has 2 atom stereocenters. The molecule has 9 heteroatoms. The first kappa shape index (κ1) is 18.4. The predicted molar refractivity (Wildman–Crippen MR) is 76.3 cm³/mol. The maximum absolute atomic E-state index is 12.8. The highest BCUT2D eigenvalue weighted by Gasteiger charge is 2.40. The molecule has 0 amide bonds. The average molecular weight is 361 g/mol. The van der Waals surface area contributed by atoms with Gasteiger partial charge in [0.05, 0.1) is 16.5 Å². The molecule has 0 saturated heterocycles. The van der Waals surface area contributed by atoms with Gasteiger partial charge in [0, 0.05) is 17.7 Å². The molecule has 0 radical (unpaired) electrons. The summed E-state index contributed by atoms with van der Waals surface area (Å²) in [7, 11) is -4.11. The maximum atomic E-state index is 12.8. The van der Waals surface area contributed by atoms with Crippen LogP contribution >= 0.6 is 0 Å². The Hall–Kier alpha value is -1.92. The van der Waals surface area contributed by atoms with E-state index in [-0.39, 0.29) is 11.5 Å². The molecule has 5 nitrogen and oxygen atoms in total. The quantitative estimate of drug-likeness (QED) is 0.868. The van der Waals surface area contributed by atoms with Crippen molar-refractivity contribution in [1.82, 2.24) is 0 Å². The first-order chi connectivity index (χ1) is 11.0. The Morgan fingerprint density at radius 2 is 1.96 bits per heavy atom. The zero-order valence-electron chi connectivity index (χ0n) is 12.5. The second kappa shape index (κ2) is 6.18. The van der Waals surface area contributed by atoms with Crippen LogP contribution in [0, 0.1) is 23.2 Å². The minimum absolute atomic E-state index is 0.361. The van der Waals surface area contributed by atoms with Crippen LogP contribution in [-0.2, 0) is 20.8 Å². The van der Waals surface area contributed by atoms with Gasteiger partial charge in [0.15, 0.2) is 15.6 Å². The number of alkyl halides is 3. The fourth-order valence-corrected chi connectivity index (χ4v) is 3.33. The molecule has 2 rings (SSSR count). The Morgan fingerprint density at radius 1 is 1.38 bits per heavy atom. The number of aliphatic hydroxyl groups excluding tert-OH is 1. The number of nitriles is 1. The highest BCUT2D eigenvalue weighted by atomic mass is 32.2. The van der Waals surface area contributed by atoms with Crippen molar-refractivity contribution in [3.63, 3.8) is 0 Å². The van der Waals surface area contributed by atoms with Gasteiger partial charge in [0.25, 0.3) is 0 Å². The van der Waals surface area contributed by atoms with Gasteiger partial charge in [0.1, 0.15) is 12.0 Å². The molecule has 130 valence electrons. The van der Waals surface area contributed by atoms with Crippen LogP contribution in [0.5, 0.6) is 0 Å². The first-order valence-electron chi connectivity index (χ1n) is 6.99. The Bertz CT molecular complexity index is 807.